The van der Waals surface area contributed by atoms with E-state index in [4.69, 9.17) is 0 Å². The zero-order chi connectivity index (χ0) is 14.8. The predicted molar refractivity (Wildman–Crippen MR) is 93.3 cm³/mol. The van der Waals surface area contributed by atoms with Crippen LogP contribution >= 0.6 is 0 Å². The Kier molecular flexibility index (Phi) is 6.62. The van der Waals surface area contributed by atoms with Gasteiger partial charge in [-0.25, -0.2) is 0 Å². The summed E-state index contributed by atoms with van der Waals surface area (Å²) in [7, 11) is 0. The van der Waals surface area contributed by atoms with E-state index in [0.717, 1.165) is 12.0 Å². The third-order valence-electron chi connectivity index (χ3n) is 3.59. The molecule has 0 atom stereocenters. The Hall–Kier alpha value is -2.00. The highest BCUT2D eigenvalue weighted by Crippen LogP contribution is 2.14. The van der Waals surface area contributed by atoms with Crippen LogP contribution in [-0.4, -0.2) is 0 Å². The number of rotatable bonds is 6. The molecule has 0 nitrogen and oxygen atoms in total. The van der Waals surface area contributed by atoms with Crippen LogP contribution < -0.4 is 0 Å². The van der Waals surface area contributed by atoms with E-state index < -0.39 is 0 Å². The molecule has 0 heteroatoms. The molecule has 2 aromatic rings. The summed E-state index contributed by atoms with van der Waals surface area (Å²) in [6, 6.07) is 14.8. The first-order valence-corrected chi connectivity index (χ1v) is 8.03. The lowest BCUT2D eigenvalue weighted by molar-refractivity contribution is 0.674. The maximum absolute atomic E-state index is 3.25. The topological polar surface area (TPSA) is 0 Å². The van der Waals surface area contributed by atoms with Gasteiger partial charge in [0.2, 0.25) is 0 Å². The Labute approximate surface area is 128 Å². The largest absolute Gasteiger partial charge is 0.0937 e. The third-order valence-corrected chi connectivity index (χ3v) is 3.59. The third kappa shape index (κ3) is 5.48. The average molecular weight is 276 g/mol. The van der Waals surface area contributed by atoms with E-state index in [1.807, 2.05) is 0 Å². The number of hydrogen-bond donors (Lipinski definition) is 0. The summed E-state index contributed by atoms with van der Waals surface area (Å²) in [6.45, 7) is 2.25. The summed E-state index contributed by atoms with van der Waals surface area (Å²) in [5.41, 5.74) is 1.10. The molecule has 108 valence electrons. The molecular formula is C21H24. The molecule has 0 aliphatic rings. The van der Waals surface area contributed by atoms with Crippen molar-refractivity contribution < 1.29 is 0 Å². The monoisotopic (exact) mass is 276 g/mol. The van der Waals surface area contributed by atoms with Crippen molar-refractivity contribution in [3.8, 4) is 11.8 Å². The summed E-state index contributed by atoms with van der Waals surface area (Å²) in [6.07, 6.45) is 11.8. The van der Waals surface area contributed by atoms with Crippen molar-refractivity contribution in [1.29, 1.82) is 0 Å². The molecule has 0 aromatic heterocycles. The van der Waals surface area contributed by atoms with Crippen molar-refractivity contribution in [3.63, 3.8) is 0 Å². The van der Waals surface area contributed by atoms with Gasteiger partial charge in [0.05, 0.1) is 0 Å². The van der Waals surface area contributed by atoms with Crippen molar-refractivity contribution in [2.45, 2.75) is 45.4 Å². The SMILES string of the molecule is CCCCCC/C=C/CC#Cc1ccc2ccccc2c1. The molecule has 0 heterocycles. The number of fused-ring (bicyclic) bond motifs is 1. The molecule has 0 unspecified atom stereocenters. The molecule has 0 saturated carbocycles. The lowest BCUT2D eigenvalue weighted by Gasteiger charge is -1.97. The molecule has 0 aliphatic heterocycles. The standard InChI is InChI=1S/C21H24/c1-2-3-4-5-6-7-8-9-10-13-19-16-17-20-14-11-12-15-21(20)18-19/h7-8,11-12,14-18H,2-6,9H2,1H3/b8-7+. The van der Waals surface area contributed by atoms with Crippen molar-refractivity contribution in [2.24, 2.45) is 0 Å². The number of unbranched alkanes of at least 4 members (excludes halogenated alkanes) is 4. The Morgan fingerprint density at radius 2 is 1.76 bits per heavy atom. The summed E-state index contributed by atoms with van der Waals surface area (Å²) >= 11 is 0. The molecule has 2 aromatic carbocycles. The van der Waals surface area contributed by atoms with E-state index in [1.165, 1.54) is 42.9 Å². The maximum Gasteiger partial charge on any atom is 0.0273 e. The highest BCUT2D eigenvalue weighted by atomic mass is 14.0. The summed E-state index contributed by atoms with van der Waals surface area (Å²) < 4.78 is 0. The van der Waals surface area contributed by atoms with Gasteiger partial charge in [-0.3, -0.25) is 0 Å². The maximum atomic E-state index is 3.25. The van der Waals surface area contributed by atoms with Crippen molar-refractivity contribution >= 4 is 10.8 Å². The molecule has 2 rings (SSSR count). The van der Waals surface area contributed by atoms with Crippen molar-refractivity contribution in [1.82, 2.24) is 0 Å². The van der Waals surface area contributed by atoms with Gasteiger partial charge < -0.3 is 0 Å². The van der Waals surface area contributed by atoms with Gasteiger partial charge in [-0.15, -0.1) is 0 Å². The Morgan fingerprint density at radius 3 is 2.62 bits per heavy atom. The Bertz CT molecular complexity index is 638. The van der Waals surface area contributed by atoms with Crippen LogP contribution in [0.15, 0.2) is 54.6 Å². The minimum Gasteiger partial charge on any atom is -0.0937 e. The summed E-state index contributed by atoms with van der Waals surface area (Å²) in [4.78, 5) is 0. The summed E-state index contributed by atoms with van der Waals surface area (Å²) in [5, 5.41) is 2.53. The quantitative estimate of drug-likeness (QED) is 0.339. The highest BCUT2D eigenvalue weighted by Gasteiger charge is 1.92. The minimum absolute atomic E-state index is 0.848. The van der Waals surface area contributed by atoms with Gasteiger partial charge in [-0.1, -0.05) is 80.5 Å². The van der Waals surface area contributed by atoms with E-state index in [2.05, 4.69) is 73.4 Å². The van der Waals surface area contributed by atoms with Crippen LogP contribution in [-0.2, 0) is 0 Å². The molecule has 0 spiro atoms. The molecule has 0 radical (unpaired) electrons. The molecule has 0 saturated heterocycles. The molecule has 0 N–H and O–H groups in total. The predicted octanol–water partition coefficient (Wildman–Crippen LogP) is 6.11. The van der Waals surface area contributed by atoms with Crippen molar-refractivity contribution in [2.75, 3.05) is 0 Å². The molecule has 0 amide bonds. The number of allylic oxidation sites excluding steroid dienone is 2. The first kappa shape index (κ1) is 15.4. The van der Waals surface area contributed by atoms with E-state index in [1.54, 1.807) is 0 Å². The minimum atomic E-state index is 0.848. The smallest absolute Gasteiger partial charge is 0.0273 e. The Morgan fingerprint density at radius 1 is 0.905 bits per heavy atom. The number of hydrogen-bond acceptors (Lipinski definition) is 0. The van der Waals surface area contributed by atoms with Crippen LogP contribution in [0.5, 0.6) is 0 Å². The van der Waals surface area contributed by atoms with Crippen LogP contribution in [0.4, 0.5) is 0 Å². The lowest BCUT2D eigenvalue weighted by atomic mass is 10.1. The molecule has 0 bridgehead atoms. The van der Waals surface area contributed by atoms with Crippen LogP contribution in [0.3, 0.4) is 0 Å². The second-order valence-corrected chi connectivity index (χ2v) is 5.39. The van der Waals surface area contributed by atoms with Gasteiger partial charge >= 0.3 is 0 Å². The van der Waals surface area contributed by atoms with Crippen LogP contribution in [0, 0.1) is 11.8 Å². The van der Waals surface area contributed by atoms with Crippen LogP contribution in [0.1, 0.15) is 51.0 Å². The molecule has 0 aliphatic carbocycles. The van der Waals surface area contributed by atoms with E-state index in [9.17, 15) is 0 Å². The zero-order valence-corrected chi connectivity index (χ0v) is 12.9. The fraction of sp³-hybridized carbons (Fsp3) is 0.333. The molecule has 0 fully saturated rings. The lowest BCUT2D eigenvalue weighted by Crippen LogP contribution is -1.76. The Balaban J connectivity index is 1.80. The van der Waals surface area contributed by atoms with Gasteiger partial charge in [0.15, 0.2) is 0 Å². The van der Waals surface area contributed by atoms with Gasteiger partial charge in [0.1, 0.15) is 0 Å². The first-order valence-electron chi connectivity index (χ1n) is 8.03. The average Bonchev–Trinajstić information content (AvgIpc) is 2.53. The van der Waals surface area contributed by atoms with Gasteiger partial charge in [-0.05, 0) is 35.7 Å². The zero-order valence-electron chi connectivity index (χ0n) is 12.9. The van der Waals surface area contributed by atoms with Crippen LogP contribution in [0.25, 0.3) is 10.8 Å². The molecule has 21 heavy (non-hydrogen) atoms. The molecular weight excluding hydrogens is 252 g/mol. The van der Waals surface area contributed by atoms with Crippen molar-refractivity contribution in [3.05, 3.63) is 60.2 Å². The van der Waals surface area contributed by atoms with Gasteiger partial charge in [0.25, 0.3) is 0 Å². The fourth-order valence-electron chi connectivity index (χ4n) is 2.37. The highest BCUT2D eigenvalue weighted by molar-refractivity contribution is 5.83. The number of benzene rings is 2. The van der Waals surface area contributed by atoms with E-state index >= 15 is 0 Å². The normalized spacial score (nSPS) is 10.7. The second kappa shape index (κ2) is 9.03. The van der Waals surface area contributed by atoms with E-state index in [-0.39, 0.29) is 0 Å². The first-order chi connectivity index (χ1) is 10.4. The fourth-order valence-corrected chi connectivity index (χ4v) is 2.37. The van der Waals surface area contributed by atoms with E-state index in [0.29, 0.717) is 0 Å². The van der Waals surface area contributed by atoms with Gasteiger partial charge in [0, 0.05) is 12.0 Å². The van der Waals surface area contributed by atoms with Crippen LogP contribution in [0.2, 0.25) is 0 Å². The van der Waals surface area contributed by atoms with Gasteiger partial charge in [-0.2, -0.15) is 0 Å². The summed E-state index contributed by atoms with van der Waals surface area (Å²) in [5.74, 6) is 6.48. The second-order valence-electron chi connectivity index (χ2n) is 5.39.